The van der Waals surface area contributed by atoms with Crippen molar-refractivity contribution in [1.82, 2.24) is 0 Å². The summed E-state index contributed by atoms with van der Waals surface area (Å²) in [5.41, 5.74) is 2.22. The molecule has 0 unspecified atom stereocenters. The Morgan fingerprint density at radius 1 is 1.14 bits per heavy atom. The number of hydrogen-bond donors (Lipinski definition) is 1. The van der Waals surface area contributed by atoms with Gasteiger partial charge in [0.1, 0.15) is 0 Å². The van der Waals surface area contributed by atoms with Gasteiger partial charge in [-0.25, -0.2) is 0 Å². The predicted molar refractivity (Wildman–Crippen MR) is 66.4 cm³/mol. The first-order chi connectivity index (χ1) is 6.74. The lowest BCUT2D eigenvalue weighted by molar-refractivity contribution is 1.35. The van der Waals surface area contributed by atoms with E-state index in [9.17, 15) is 0 Å². The zero-order valence-corrected chi connectivity index (χ0v) is 10.2. The molecule has 1 aliphatic rings. The van der Waals surface area contributed by atoms with E-state index in [0.717, 1.165) is 11.4 Å². The van der Waals surface area contributed by atoms with Crippen LogP contribution in [0.25, 0.3) is 0 Å². The molecule has 0 atom stereocenters. The molecule has 0 bridgehead atoms. The fourth-order valence-corrected chi connectivity index (χ4v) is 0.797. The van der Waals surface area contributed by atoms with Crippen LogP contribution in [0, 0.1) is 5.41 Å². The zero-order chi connectivity index (χ0) is 11.6. The average molecular weight is 194 g/mol. The van der Waals surface area contributed by atoms with E-state index in [1.165, 1.54) is 0 Å². The molecular formula is C12H22N2. The maximum Gasteiger partial charge on any atom is 0.0839 e. The molecule has 2 nitrogen and oxygen atoms in total. The van der Waals surface area contributed by atoms with Gasteiger partial charge in [-0.2, -0.15) is 0 Å². The second-order valence-corrected chi connectivity index (χ2v) is 2.17. The molecule has 0 spiro atoms. The van der Waals surface area contributed by atoms with Crippen LogP contribution in [0.4, 0.5) is 0 Å². The van der Waals surface area contributed by atoms with E-state index >= 15 is 0 Å². The summed E-state index contributed by atoms with van der Waals surface area (Å²) in [7, 11) is 0. The third-order valence-corrected chi connectivity index (χ3v) is 1.34. The minimum absolute atomic E-state index is 0.494. The van der Waals surface area contributed by atoms with Gasteiger partial charge < -0.3 is 0 Å². The van der Waals surface area contributed by atoms with Crippen LogP contribution in [-0.2, 0) is 0 Å². The molecule has 0 fully saturated rings. The van der Waals surface area contributed by atoms with Crippen molar-refractivity contribution in [1.29, 1.82) is 5.41 Å². The first-order valence-electron chi connectivity index (χ1n) is 5.22. The summed E-state index contributed by atoms with van der Waals surface area (Å²) in [5, 5.41) is 7.37. The van der Waals surface area contributed by atoms with Crippen LogP contribution in [0.5, 0.6) is 0 Å². The molecule has 1 heterocycles. The Hall–Kier alpha value is -1.18. The normalized spacial score (nSPS) is 16.3. The molecule has 2 heteroatoms. The predicted octanol–water partition coefficient (Wildman–Crippen LogP) is 3.99. The highest BCUT2D eigenvalue weighted by atomic mass is 14.8. The van der Waals surface area contributed by atoms with Gasteiger partial charge in [-0.15, -0.1) is 0 Å². The molecule has 1 N–H and O–H groups in total. The SMILES string of the molecule is C/C=C1/N=C(C)C=CC1=N.CC.CC. The van der Waals surface area contributed by atoms with Gasteiger partial charge in [0.05, 0.1) is 11.4 Å². The summed E-state index contributed by atoms with van der Waals surface area (Å²) in [6, 6.07) is 0. The molecule has 0 aliphatic carbocycles. The van der Waals surface area contributed by atoms with E-state index in [2.05, 4.69) is 4.99 Å². The van der Waals surface area contributed by atoms with Crippen LogP contribution >= 0.6 is 0 Å². The van der Waals surface area contributed by atoms with Crippen LogP contribution in [0.1, 0.15) is 41.5 Å². The van der Waals surface area contributed by atoms with Crippen molar-refractivity contribution in [3.63, 3.8) is 0 Å². The molecule has 0 aromatic rings. The standard InChI is InChI=1S/C8H10N2.2C2H6/c1-3-8-7(9)5-4-6(2)10-8;2*1-2/h3-5,9H,1-2H3;2*1-2H3/b8-3+,9-7?;;. The average Bonchev–Trinajstić information content (AvgIpc) is 2.27. The second kappa shape index (κ2) is 9.90. The largest absolute Gasteiger partial charge is 0.299 e. The van der Waals surface area contributed by atoms with Gasteiger partial charge in [0.25, 0.3) is 0 Å². The van der Waals surface area contributed by atoms with Crippen molar-refractivity contribution in [2.45, 2.75) is 41.5 Å². The van der Waals surface area contributed by atoms with Crippen molar-refractivity contribution in [2.75, 3.05) is 0 Å². The Kier molecular flexibility index (Phi) is 10.8. The zero-order valence-electron chi connectivity index (χ0n) is 10.2. The summed E-state index contributed by atoms with van der Waals surface area (Å²) in [6.45, 7) is 11.8. The molecule has 0 aromatic carbocycles. The van der Waals surface area contributed by atoms with Gasteiger partial charge in [-0.05, 0) is 26.0 Å². The number of nitrogens with zero attached hydrogens (tertiary/aromatic N) is 1. The van der Waals surface area contributed by atoms with E-state index in [-0.39, 0.29) is 0 Å². The molecule has 0 amide bonds. The lowest BCUT2D eigenvalue weighted by atomic mass is 10.2. The number of hydrogen-bond acceptors (Lipinski definition) is 2. The summed E-state index contributed by atoms with van der Waals surface area (Å²) in [4.78, 5) is 4.15. The summed E-state index contributed by atoms with van der Waals surface area (Å²) in [6.07, 6.45) is 5.45. The number of nitrogens with one attached hydrogen (secondary N) is 1. The Labute approximate surface area is 88.0 Å². The first kappa shape index (κ1) is 15.3. The molecule has 0 radical (unpaired) electrons. The summed E-state index contributed by atoms with van der Waals surface area (Å²) < 4.78 is 0. The van der Waals surface area contributed by atoms with Crippen LogP contribution < -0.4 is 0 Å². The van der Waals surface area contributed by atoms with Gasteiger partial charge in [0, 0.05) is 5.71 Å². The molecule has 1 rings (SSSR count). The van der Waals surface area contributed by atoms with Crippen molar-refractivity contribution in [3.05, 3.63) is 23.9 Å². The maximum atomic E-state index is 7.37. The van der Waals surface area contributed by atoms with E-state index < -0.39 is 0 Å². The topological polar surface area (TPSA) is 36.2 Å². The quantitative estimate of drug-likeness (QED) is 0.605. The number of allylic oxidation sites excluding steroid dienone is 3. The smallest absolute Gasteiger partial charge is 0.0839 e. The third-order valence-electron chi connectivity index (χ3n) is 1.34. The van der Waals surface area contributed by atoms with Crippen LogP contribution in [-0.4, -0.2) is 11.4 Å². The Morgan fingerprint density at radius 2 is 1.64 bits per heavy atom. The molecule has 0 saturated heterocycles. The lowest BCUT2D eigenvalue weighted by Crippen LogP contribution is -2.03. The van der Waals surface area contributed by atoms with E-state index in [1.807, 2.05) is 53.7 Å². The molecule has 14 heavy (non-hydrogen) atoms. The Bertz CT molecular complexity index is 245. The second-order valence-electron chi connectivity index (χ2n) is 2.17. The first-order valence-corrected chi connectivity index (χ1v) is 5.22. The minimum atomic E-state index is 0.494. The monoisotopic (exact) mass is 194 g/mol. The maximum absolute atomic E-state index is 7.37. The molecule has 0 saturated carbocycles. The molecule has 1 aliphatic heterocycles. The van der Waals surface area contributed by atoms with Gasteiger partial charge in [-0.1, -0.05) is 33.8 Å². The van der Waals surface area contributed by atoms with Crippen LogP contribution in [0.15, 0.2) is 28.9 Å². The Balaban J connectivity index is 0. The summed E-state index contributed by atoms with van der Waals surface area (Å²) in [5.74, 6) is 0. The fourth-order valence-electron chi connectivity index (χ4n) is 0.797. The van der Waals surface area contributed by atoms with E-state index in [4.69, 9.17) is 5.41 Å². The Morgan fingerprint density at radius 3 is 2.00 bits per heavy atom. The van der Waals surface area contributed by atoms with Crippen molar-refractivity contribution in [2.24, 2.45) is 4.99 Å². The number of aliphatic imine (C=N–C) groups is 1. The van der Waals surface area contributed by atoms with Gasteiger partial charge in [0.2, 0.25) is 0 Å². The summed E-state index contributed by atoms with van der Waals surface area (Å²) >= 11 is 0. The lowest BCUT2D eigenvalue weighted by Gasteiger charge is -2.04. The number of rotatable bonds is 0. The van der Waals surface area contributed by atoms with Crippen molar-refractivity contribution >= 4 is 11.4 Å². The van der Waals surface area contributed by atoms with Crippen LogP contribution in [0.2, 0.25) is 0 Å². The minimum Gasteiger partial charge on any atom is -0.299 e. The van der Waals surface area contributed by atoms with Crippen LogP contribution in [0.3, 0.4) is 0 Å². The highest BCUT2D eigenvalue weighted by Gasteiger charge is 2.02. The third kappa shape index (κ3) is 5.46. The highest BCUT2D eigenvalue weighted by molar-refractivity contribution is 6.14. The van der Waals surface area contributed by atoms with Gasteiger partial charge in [0.15, 0.2) is 0 Å². The van der Waals surface area contributed by atoms with E-state index in [0.29, 0.717) is 5.71 Å². The number of dihydropyridines is 1. The highest BCUT2D eigenvalue weighted by Crippen LogP contribution is 2.06. The van der Waals surface area contributed by atoms with Crippen molar-refractivity contribution in [3.8, 4) is 0 Å². The molecule has 80 valence electrons. The fraction of sp³-hybridized carbons (Fsp3) is 0.500. The molecular weight excluding hydrogens is 172 g/mol. The van der Waals surface area contributed by atoms with Gasteiger partial charge in [-0.3, -0.25) is 10.4 Å². The molecule has 0 aromatic heterocycles. The van der Waals surface area contributed by atoms with Crippen molar-refractivity contribution < 1.29 is 0 Å². The van der Waals surface area contributed by atoms with Gasteiger partial charge >= 0.3 is 0 Å². The van der Waals surface area contributed by atoms with E-state index in [1.54, 1.807) is 6.08 Å².